The van der Waals surface area contributed by atoms with Crippen LogP contribution in [0.3, 0.4) is 0 Å². The molecule has 3 aromatic rings. The molecule has 4 aliphatic rings. The van der Waals surface area contributed by atoms with Crippen molar-refractivity contribution in [3.05, 3.63) is 88.6 Å². The summed E-state index contributed by atoms with van der Waals surface area (Å²) < 4.78 is 39.5. The van der Waals surface area contributed by atoms with Crippen LogP contribution in [0.1, 0.15) is 28.3 Å². The van der Waals surface area contributed by atoms with Crippen LogP contribution in [-0.2, 0) is 42.1 Å². The molecule has 2 saturated heterocycles. The van der Waals surface area contributed by atoms with Crippen molar-refractivity contribution in [2.24, 2.45) is 0 Å². The molecule has 0 saturated carbocycles. The average Bonchev–Trinajstić information content (AvgIpc) is 3.37. The summed E-state index contributed by atoms with van der Waals surface area (Å²) in [5.41, 5.74) is 1.82. The lowest BCUT2D eigenvalue weighted by Gasteiger charge is -2.45. The number of halogens is 2. The summed E-state index contributed by atoms with van der Waals surface area (Å²) in [5, 5.41) is 8.91. The molecule has 3 aliphatic heterocycles. The quantitative estimate of drug-likeness (QED) is 0.427. The van der Waals surface area contributed by atoms with E-state index in [1.54, 1.807) is 12.3 Å². The largest absolute Gasteiger partial charge is 0.376 e. The van der Waals surface area contributed by atoms with Crippen LogP contribution in [0.5, 0.6) is 0 Å². The zero-order valence-corrected chi connectivity index (χ0v) is 23.1. The van der Waals surface area contributed by atoms with E-state index in [0.29, 0.717) is 26.1 Å². The van der Waals surface area contributed by atoms with Crippen molar-refractivity contribution in [2.75, 3.05) is 50.2 Å². The lowest BCUT2D eigenvalue weighted by Crippen LogP contribution is -2.69. The standard InChI is InChI=1S/C31H29F2N5O5/c32-21-7-18(8-22(33)10-21)25-14-35-31(16-42-5-6-43-17-31)29(41)38(25)15-27(39)37-26-9-19-11-30(12-20(19)13-34-26)23-3-1-2-4-24(23)36-28(30)40/h1-4,7-10,13,25,35H,5-6,11-12,14-17H2,(H,36,40)(H,34,37,39). The maximum absolute atomic E-state index is 14.2. The van der Waals surface area contributed by atoms with Crippen LogP contribution < -0.4 is 16.0 Å². The van der Waals surface area contributed by atoms with Crippen LogP contribution in [0.4, 0.5) is 20.3 Å². The van der Waals surface area contributed by atoms with E-state index in [1.165, 1.54) is 4.90 Å². The fourth-order valence-corrected chi connectivity index (χ4v) is 6.71. The SMILES string of the molecule is O=C(CN1C(=O)C2(COCCOC2)NCC1c1cc(F)cc(F)c1)Nc1cc2c(cn1)CC1(C2)C(=O)Nc2ccccc21. The van der Waals surface area contributed by atoms with Crippen molar-refractivity contribution in [3.8, 4) is 0 Å². The van der Waals surface area contributed by atoms with Gasteiger partial charge in [0, 0.05) is 24.5 Å². The third kappa shape index (κ3) is 4.75. The van der Waals surface area contributed by atoms with Gasteiger partial charge in [0.1, 0.15) is 29.5 Å². The van der Waals surface area contributed by atoms with Gasteiger partial charge in [-0.3, -0.25) is 19.7 Å². The Morgan fingerprint density at radius 3 is 2.51 bits per heavy atom. The normalized spacial score (nSPS) is 24.0. The van der Waals surface area contributed by atoms with E-state index < -0.39 is 47.0 Å². The van der Waals surface area contributed by atoms with Gasteiger partial charge in [0.15, 0.2) is 0 Å². The summed E-state index contributed by atoms with van der Waals surface area (Å²) in [5.74, 6) is -2.36. The molecule has 2 fully saturated rings. The number of nitrogens with one attached hydrogen (secondary N) is 3. The molecular formula is C31H29F2N5O5. The third-order valence-electron chi connectivity index (χ3n) is 8.79. The number of para-hydroxylation sites is 1. The number of rotatable bonds is 4. The smallest absolute Gasteiger partial charge is 0.248 e. The number of piperazine rings is 1. The number of hydrogen-bond donors (Lipinski definition) is 3. The first-order chi connectivity index (χ1) is 20.8. The summed E-state index contributed by atoms with van der Waals surface area (Å²) in [6, 6.07) is 11.6. The second kappa shape index (κ2) is 10.5. The van der Waals surface area contributed by atoms with E-state index in [2.05, 4.69) is 20.9 Å². The lowest BCUT2D eigenvalue weighted by molar-refractivity contribution is -0.151. The van der Waals surface area contributed by atoms with Gasteiger partial charge in [-0.25, -0.2) is 13.8 Å². The van der Waals surface area contributed by atoms with E-state index in [4.69, 9.17) is 9.47 Å². The van der Waals surface area contributed by atoms with Crippen LogP contribution in [-0.4, -0.2) is 72.7 Å². The summed E-state index contributed by atoms with van der Waals surface area (Å²) in [7, 11) is 0. The number of fused-ring (bicyclic) bond motifs is 3. The number of nitrogens with zero attached hydrogens (tertiary/aromatic N) is 2. The first-order valence-corrected chi connectivity index (χ1v) is 14.1. The van der Waals surface area contributed by atoms with Gasteiger partial charge in [0.05, 0.1) is 37.9 Å². The minimum Gasteiger partial charge on any atom is -0.376 e. The van der Waals surface area contributed by atoms with Crippen LogP contribution in [0.15, 0.2) is 54.7 Å². The van der Waals surface area contributed by atoms with Gasteiger partial charge >= 0.3 is 0 Å². The van der Waals surface area contributed by atoms with Crippen molar-refractivity contribution < 1.29 is 32.6 Å². The van der Waals surface area contributed by atoms with Crippen LogP contribution in [0.2, 0.25) is 0 Å². The van der Waals surface area contributed by atoms with Gasteiger partial charge in [0.2, 0.25) is 17.7 Å². The zero-order chi connectivity index (χ0) is 29.8. The summed E-state index contributed by atoms with van der Waals surface area (Å²) in [4.78, 5) is 46.1. The van der Waals surface area contributed by atoms with Gasteiger partial charge in [-0.2, -0.15) is 0 Å². The number of carbonyl (C=O) groups is 3. The fraction of sp³-hybridized carbons (Fsp3) is 0.355. The minimum atomic E-state index is -1.24. The molecule has 1 aliphatic carbocycles. The highest BCUT2D eigenvalue weighted by Gasteiger charge is 2.51. The second-order valence-electron chi connectivity index (χ2n) is 11.5. The Hall–Kier alpha value is -4.26. The molecular weight excluding hydrogens is 560 g/mol. The highest BCUT2D eigenvalue weighted by atomic mass is 19.1. The number of pyridine rings is 1. The Balaban J connectivity index is 1.13. The number of aromatic nitrogens is 1. The topological polar surface area (TPSA) is 122 Å². The highest BCUT2D eigenvalue weighted by molar-refractivity contribution is 6.07. The van der Waals surface area contributed by atoms with Crippen molar-refractivity contribution in [2.45, 2.75) is 29.8 Å². The Morgan fingerprint density at radius 2 is 1.74 bits per heavy atom. The Kier molecular flexibility index (Phi) is 6.71. The van der Waals surface area contributed by atoms with Crippen LogP contribution in [0, 0.1) is 11.6 Å². The fourth-order valence-electron chi connectivity index (χ4n) is 6.71. The number of benzene rings is 2. The van der Waals surface area contributed by atoms with Crippen molar-refractivity contribution >= 4 is 29.2 Å². The number of hydrogen-bond acceptors (Lipinski definition) is 7. The molecule has 222 valence electrons. The molecule has 43 heavy (non-hydrogen) atoms. The van der Waals surface area contributed by atoms with Crippen LogP contribution in [0.25, 0.3) is 0 Å². The predicted molar refractivity (Wildman–Crippen MR) is 150 cm³/mol. The first kappa shape index (κ1) is 27.6. The maximum atomic E-state index is 14.2. The van der Waals surface area contributed by atoms with Gasteiger partial charge in [-0.15, -0.1) is 0 Å². The first-order valence-electron chi connectivity index (χ1n) is 14.1. The Morgan fingerprint density at radius 1 is 1.02 bits per heavy atom. The van der Waals surface area contributed by atoms with Crippen molar-refractivity contribution in [3.63, 3.8) is 0 Å². The van der Waals surface area contributed by atoms with E-state index in [1.807, 2.05) is 24.3 Å². The monoisotopic (exact) mass is 589 g/mol. The molecule has 7 rings (SSSR count). The van der Waals surface area contributed by atoms with Gasteiger partial charge in [-0.05, 0) is 59.4 Å². The second-order valence-corrected chi connectivity index (χ2v) is 11.5. The Bertz CT molecular complexity index is 1620. The average molecular weight is 590 g/mol. The molecule has 0 bridgehead atoms. The zero-order valence-electron chi connectivity index (χ0n) is 23.1. The summed E-state index contributed by atoms with van der Waals surface area (Å²) >= 11 is 0. The molecule has 10 nitrogen and oxygen atoms in total. The Labute approximate surface area is 245 Å². The third-order valence-corrected chi connectivity index (χ3v) is 8.79. The lowest BCUT2D eigenvalue weighted by atomic mass is 9.79. The molecule has 2 spiro atoms. The molecule has 0 radical (unpaired) electrons. The van der Waals surface area contributed by atoms with Gasteiger partial charge in [0.25, 0.3) is 0 Å². The van der Waals surface area contributed by atoms with E-state index in [9.17, 15) is 23.2 Å². The summed E-state index contributed by atoms with van der Waals surface area (Å²) in [6.45, 7) is 0.404. The number of amides is 3. The number of anilines is 2. The highest BCUT2D eigenvalue weighted by Crippen LogP contribution is 2.47. The molecule has 2 aromatic carbocycles. The van der Waals surface area contributed by atoms with E-state index in [0.717, 1.165) is 40.6 Å². The molecule has 4 heterocycles. The van der Waals surface area contributed by atoms with Crippen LogP contribution >= 0.6 is 0 Å². The van der Waals surface area contributed by atoms with Crippen molar-refractivity contribution in [1.29, 1.82) is 0 Å². The van der Waals surface area contributed by atoms with Gasteiger partial charge in [-0.1, -0.05) is 18.2 Å². The molecule has 3 N–H and O–H groups in total. The number of ether oxygens (including phenoxy) is 2. The van der Waals surface area contributed by atoms with Crippen molar-refractivity contribution in [1.82, 2.24) is 15.2 Å². The minimum absolute atomic E-state index is 0.0268. The van der Waals surface area contributed by atoms with E-state index in [-0.39, 0.29) is 37.0 Å². The summed E-state index contributed by atoms with van der Waals surface area (Å²) in [6.07, 6.45) is 2.62. The molecule has 3 amide bonds. The molecule has 2 unspecified atom stereocenters. The molecule has 2 atom stereocenters. The molecule has 1 aromatic heterocycles. The van der Waals surface area contributed by atoms with E-state index >= 15 is 0 Å². The predicted octanol–water partition coefficient (Wildman–Crippen LogP) is 2.25. The molecule has 12 heteroatoms. The maximum Gasteiger partial charge on any atom is 0.248 e. The van der Waals surface area contributed by atoms with Gasteiger partial charge < -0.3 is 25.0 Å². The number of carbonyl (C=O) groups excluding carboxylic acids is 3.